The molecular formula is C18H22N4O. The molecule has 0 atom stereocenters. The van der Waals surface area contributed by atoms with E-state index in [1.54, 1.807) is 0 Å². The number of benzene rings is 1. The zero-order chi connectivity index (χ0) is 16.2. The summed E-state index contributed by atoms with van der Waals surface area (Å²) in [5.74, 6) is 0.774. The van der Waals surface area contributed by atoms with Crippen molar-refractivity contribution in [2.45, 2.75) is 33.2 Å². The van der Waals surface area contributed by atoms with Crippen LogP contribution in [-0.4, -0.2) is 33.9 Å². The number of fused-ring (bicyclic) bond motifs is 1. The maximum absolute atomic E-state index is 12.4. The van der Waals surface area contributed by atoms with Gasteiger partial charge >= 0.3 is 0 Å². The molecule has 3 rings (SSSR count). The van der Waals surface area contributed by atoms with E-state index in [1.807, 2.05) is 30.9 Å². The third kappa shape index (κ3) is 3.86. The van der Waals surface area contributed by atoms with Crippen molar-refractivity contribution in [3.05, 3.63) is 52.8 Å². The van der Waals surface area contributed by atoms with Crippen molar-refractivity contribution in [3.63, 3.8) is 0 Å². The normalized spacial score (nSPS) is 13.6. The monoisotopic (exact) mass is 310 g/mol. The van der Waals surface area contributed by atoms with Gasteiger partial charge in [-0.3, -0.25) is 4.79 Å². The van der Waals surface area contributed by atoms with Gasteiger partial charge in [0.25, 0.3) is 0 Å². The number of anilines is 1. The van der Waals surface area contributed by atoms with E-state index in [9.17, 15) is 4.79 Å². The molecule has 0 aliphatic carbocycles. The molecule has 2 aromatic rings. The van der Waals surface area contributed by atoms with E-state index in [0.29, 0.717) is 18.9 Å². The summed E-state index contributed by atoms with van der Waals surface area (Å²) < 4.78 is 0. The van der Waals surface area contributed by atoms with Gasteiger partial charge in [-0.2, -0.15) is 0 Å². The maximum Gasteiger partial charge on any atom is 0.224 e. The van der Waals surface area contributed by atoms with Crippen LogP contribution in [-0.2, 0) is 17.8 Å². The molecule has 2 heterocycles. The highest BCUT2D eigenvalue weighted by Crippen LogP contribution is 2.18. The van der Waals surface area contributed by atoms with Gasteiger partial charge in [0.15, 0.2) is 0 Å². The fourth-order valence-corrected chi connectivity index (χ4v) is 2.95. The molecule has 1 aromatic heterocycles. The fraction of sp³-hybridized carbons (Fsp3) is 0.389. The minimum Gasteiger partial charge on any atom is -0.354 e. The predicted molar refractivity (Wildman–Crippen MR) is 90.2 cm³/mol. The summed E-state index contributed by atoms with van der Waals surface area (Å²) in [4.78, 5) is 23.0. The summed E-state index contributed by atoms with van der Waals surface area (Å²) in [6.45, 7) is 5.96. The van der Waals surface area contributed by atoms with E-state index in [0.717, 1.165) is 30.9 Å². The predicted octanol–water partition coefficient (Wildman–Crippen LogP) is 2.48. The van der Waals surface area contributed by atoms with Crippen molar-refractivity contribution in [1.82, 2.24) is 14.9 Å². The fourth-order valence-electron chi connectivity index (χ4n) is 2.95. The molecule has 1 amide bonds. The lowest BCUT2D eigenvalue weighted by Crippen LogP contribution is -2.36. The first-order chi connectivity index (χ1) is 11.1. The molecule has 0 saturated heterocycles. The topological polar surface area (TPSA) is 58.1 Å². The first kappa shape index (κ1) is 15.5. The summed E-state index contributed by atoms with van der Waals surface area (Å²) >= 11 is 0. The van der Waals surface area contributed by atoms with Crippen LogP contribution in [0.1, 0.15) is 28.9 Å². The Morgan fingerprint density at radius 2 is 1.87 bits per heavy atom. The number of carbonyl (C=O) groups excluding carboxylic acids is 1. The standard InChI is InChI=1S/C18H22N4O/c1-13-11-14(2)21-18(20-13)19-9-7-17(23)22-10-8-15-5-3-4-6-16(15)12-22/h3-6,11H,7-10,12H2,1-2H3,(H,19,20,21). The van der Waals surface area contributed by atoms with E-state index in [2.05, 4.69) is 33.5 Å². The summed E-state index contributed by atoms with van der Waals surface area (Å²) in [5, 5.41) is 3.15. The maximum atomic E-state index is 12.4. The average molecular weight is 310 g/mol. The Morgan fingerprint density at radius 1 is 1.17 bits per heavy atom. The number of hydrogen-bond acceptors (Lipinski definition) is 4. The van der Waals surface area contributed by atoms with Gasteiger partial charge in [-0.15, -0.1) is 0 Å². The number of nitrogens with one attached hydrogen (secondary N) is 1. The van der Waals surface area contributed by atoms with Crippen LogP contribution in [0.15, 0.2) is 30.3 Å². The molecule has 5 nitrogen and oxygen atoms in total. The molecule has 0 saturated carbocycles. The zero-order valence-electron chi connectivity index (χ0n) is 13.7. The van der Waals surface area contributed by atoms with Gasteiger partial charge in [-0.05, 0) is 37.5 Å². The Morgan fingerprint density at radius 3 is 2.61 bits per heavy atom. The van der Waals surface area contributed by atoms with Crippen molar-refractivity contribution in [3.8, 4) is 0 Å². The van der Waals surface area contributed by atoms with Crippen molar-refractivity contribution >= 4 is 11.9 Å². The Balaban J connectivity index is 1.52. The highest BCUT2D eigenvalue weighted by atomic mass is 16.2. The van der Waals surface area contributed by atoms with Gasteiger partial charge in [0.1, 0.15) is 0 Å². The van der Waals surface area contributed by atoms with Crippen LogP contribution in [0.2, 0.25) is 0 Å². The molecule has 1 N–H and O–H groups in total. The van der Waals surface area contributed by atoms with Crippen LogP contribution in [0.5, 0.6) is 0 Å². The smallest absolute Gasteiger partial charge is 0.224 e. The Bertz CT molecular complexity index is 694. The van der Waals surface area contributed by atoms with E-state index < -0.39 is 0 Å². The summed E-state index contributed by atoms with van der Waals surface area (Å²) in [6.07, 6.45) is 1.40. The molecule has 1 aliphatic rings. The highest BCUT2D eigenvalue weighted by Gasteiger charge is 2.19. The molecule has 120 valence electrons. The molecule has 0 unspecified atom stereocenters. The SMILES string of the molecule is Cc1cc(C)nc(NCCC(=O)N2CCc3ccccc3C2)n1. The van der Waals surface area contributed by atoms with Gasteiger partial charge in [0, 0.05) is 37.4 Å². The molecule has 0 bridgehead atoms. The molecule has 0 radical (unpaired) electrons. The largest absolute Gasteiger partial charge is 0.354 e. The number of nitrogens with zero attached hydrogens (tertiary/aromatic N) is 3. The second-order valence-electron chi connectivity index (χ2n) is 5.99. The number of hydrogen-bond donors (Lipinski definition) is 1. The lowest BCUT2D eigenvalue weighted by atomic mass is 10.00. The first-order valence-electron chi connectivity index (χ1n) is 8.02. The second kappa shape index (κ2) is 6.77. The van der Waals surface area contributed by atoms with E-state index in [4.69, 9.17) is 0 Å². The second-order valence-corrected chi connectivity index (χ2v) is 5.99. The highest BCUT2D eigenvalue weighted by molar-refractivity contribution is 5.77. The van der Waals surface area contributed by atoms with E-state index >= 15 is 0 Å². The van der Waals surface area contributed by atoms with Crippen LogP contribution in [0.4, 0.5) is 5.95 Å². The summed E-state index contributed by atoms with van der Waals surface area (Å²) in [7, 11) is 0. The molecule has 5 heteroatoms. The average Bonchev–Trinajstić information content (AvgIpc) is 2.53. The molecule has 1 aromatic carbocycles. The third-order valence-corrected chi connectivity index (χ3v) is 4.09. The van der Waals surface area contributed by atoms with Gasteiger partial charge in [-0.1, -0.05) is 24.3 Å². The third-order valence-electron chi connectivity index (χ3n) is 4.09. The van der Waals surface area contributed by atoms with Crippen LogP contribution in [0.25, 0.3) is 0 Å². The molecule has 0 fully saturated rings. The minimum absolute atomic E-state index is 0.177. The van der Waals surface area contributed by atoms with Crippen LogP contribution < -0.4 is 5.32 Å². The van der Waals surface area contributed by atoms with Gasteiger partial charge in [-0.25, -0.2) is 9.97 Å². The lowest BCUT2D eigenvalue weighted by molar-refractivity contribution is -0.131. The molecular weight excluding hydrogens is 288 g/mol. The Labute approximate surface area is 136 Å². The van der Waals surface area contributed by atoms with Crippen molar-refractivity contribution < 1.29 is 4.79 Å². The van der Waals surface area contributed by atoms with Crippen LogP contribution >= 0.6 is 0 Å². The number of aromatic nitrogens is 2. The van der Waals surface area contributed by atoms with Gasteiger partial charge < -0.3 is 10.2 Å². The first-order valence-corrected chi connectivity index (χ1v) is 8.02. The number of aryl methyl sites for hydroxylation is 2. The van der Waals surface area contributed by atoms with Gasteiger partial charge in [0.2, 0.25) is 11.9 Å². The number of rotatable bonds is 4. The van der Waals surface area contributed by atoms with Gasteiger partial charge in [0.05, 0.1) is 0 Å². The van der Waals surface area contributed by atoms with Crippen LogP contribution in [0.3, 0.4) is 0 Å². The molecule has 23 heavy (non-hydrogen) atoms. The summed E-state index contributed by atoms with van der Waals surface area (Å²) in [5.41, 5.74) is 4.48. The quantitative estimate of drug-likeness (QED) is 0.942. The van der Waals surface area contributed by atoms with E-state index in [1.165, 1.54) is 11.1 Å². The Kier molecular flexibility index (Phi) is 4.55. The number of carbonyl (C=O) groups is 1. The number of amides is 1. The van der Waals surface area contributed by atoms with Crippen molar-refractivity contribution in [2.24, 2.45) is 0 Å². The van der Waals surface area contributed by atoms with E-state index in [-0.39, 0.29) is 5.91 Å². The molecule has 0 spiro atoms. The summed E-state index contributed by atoms with van der Waals surface area (Å²) in [6, 6.07) is 10.3. The van der Waals surface area contributed by atoms with Crippen molar-refractivity contribution in [2.75, 3.05) is 18.4 Å². The zero-order valence-corrected chi connectivity index (χ0v) is 13.7. The lowest BCUT2D eigenvalue weighted by Gasteiger charge is -2.29. The minimum atomic E-state index is 0.177. The van der Waals surface area contributed by atoms with Crippen LogP contribution in [0, 0.1) is 13.8 Å². The Hall–Kier alpha value is -2.43. The molecule has 1 aliphatic heterocycles. The van der Waals surface area contributed by atoms with Crippen molar-refractivity contribution in [1.29, 1.82) is 0 Å².